The van der Waals surface area contributed by atoms with Crippen LogP contribution in [0.25, 0.3) is 16.9 Å². The van der Waals surface area contributed by atoms with Crippen molar-refractivity contribution in [2.45, 2.75) is 12.7 Å². The monoisotopic (exact) mass is 464 g/mol. The minimum atomic E-state index is -0.265. The van der Waals surface area contributed by atoms with E-state index in [-0.39, 0.29) is 22.9 Å². The van der Waals surface area contributed by atoms with Gasteiger partial charge in [0.1, 0.15) is 22.9 Å². The van der Waals surface area contributed by atoms with Crippen molar-refractivity contribution in [3.05, 3.63) is 82.5 Å². The predicted molar refractivity (Wildman–Crippen MR) is 129 cm³/mol. The quantitative estimate of drug-likeness (QED) is 0.424. The fourth-order valence-electron chi connectivity index (χ4n) is 3.41. The summed E-state index contributed by atoms with van der Waals surface area (Å²) in [5, 5.41) is 6.86. The van der Waals surface area contributed by atoms with Crippen molar-refractivity contribution >= 4 is 23.4 Å². The summed E-state index contributed by atoms with van der Waals surface area (Å²) in [5.41, 5.74) is 3.08. The van der Waals surface area contributed by atoms with Gasteiger partial charge < -0.3 is 14.6 Å². The zero-order valence-corrected chi connectivity index (χ0v) is 19.4. The van der Waals surface area contributed by atoms with Crippen LogP contribution in [0.2, 0.25) is 0 Å². The molecule has 1 N–H and O–H groups in total. The average molecular weight is 465 g/mol. The Hall–Kier alpha value is -3.72. The van der Waals surface area contributed by atoms with Crippen molar-refractivity contribution < 1.29 is 14.1 Å². The second-order valence-electron chi connectivity index (χ2n) is 7.38. The van der Waals surface area contributed by atoms with E-state index in [9.17, 15) is 9.59 Å². The first-order valence-electron chi connectivity index (χ1n) is 10.3. The molecule has 170 valence electrons. The number of carbonyl (C=O) groups is 1. The van der Waals surface area contributed by atoms with Gasteiger partial charge in [0.05, 0.1) is 30.0 Å². The second-order valence-corrected chi connectivity index (χ2v) is 8.37. The maximum Gasteiger partial charge on any atom is 0.295 e. The van der Waals surface area contributed by atoms with Crippen molar-refractivity contribution in [3.63, 3.8) is 0 Å². The van der Waals surface area contributed by atoms with E-state index in [0.717, 1.165) is 22.7 Å². The fourth-order valence-corrected chi connectivity index (χ4v) is 4.11. The molecule has 0 spiro atoms. The first kappa shape index (κ1) is 22.5. The zero-order chi connectivity index (χ0) is 23.4. The molecular formula is C24H24N4O4S. The van der Waals surface area contributed by atoms with Crippen molar-refractivity contribution in [1.82, 2.24) is 14.5 Å². The number of benzene rings is 2. The van der Waals surface area contributed by atoms with Crippen LogP contribution < -0.4 is 15.6 Å². The lowest BCUT2D eigenvalue weighted by Crippen LogP contribution is -2.23. The standard InChI is InChI=1S/C24H24N4O4S/c1-16-23(24(30)28(27(16)2)18-7-5-4-6-8-18)25-22(29)15-33-14-20-13-21(26-32-20)17-9-11-19(31-3)12-10-17/h4-13H,14-15H2,1-3H3,(H,25,29). The van der Waals surface area contributed by atoms with Crippen LogP contribution in [0.4, 0.5) is 5.69 Å². The number of amides is 1. The van der Waals surface area contributed by atoms with E-state index in [1.165, 1.54) is 16.4 Å². The second kappa shape index (κ2) is 9.83. The number of thioether (sulfide) groups is 1. The van der Waals surface area contributed by atoms with Gasteiger partial charge in [-0.05, 0) is 43.3 Å². The number of methoxy groups -OCH3 is 1. The first-order chi connectivity index (χ1) is 16.0. The third-order valence-electron chi connectivity index (χ3n) is 5.24. The molecule has 8 nitrogen and oxygen atoms in total. The molecule has 1 amide bonds. The van der Waals surface area contributed by atoms with Crippen molar-refractivity contribution in [2.75, 3.05) is 18.2 Å². The molecule has 2 heterocycles. The summed E-state index contributed by atoms with van der Waals surface area (Å²) in [4.78, 5) is 25.4. The third kappa shape index (κ3) is 4.88. The lowest BCUT2D eigenvalue weighted by Gasteiger charge is -2.07. The van der Waals surface area contributed by atoms with Crippen LogP contribution in [-0.4, -0.2) is 33.3 Å². The highest BCUT2D eigenvalue weighted by atomic mass is 32.2. The molecule has 0 aliphatic rings. The van der Waals surface area contributed by atoms with Crippen LogP contribution >= 0.6 is 11.8 Å². The minimum absolute atomic E-state index is 0.178. The van der Waals surface area contributed by atoms with Crippen LogP contribution in [-0.2, 0) is 17.6 Å². The lowest BCUT2D eigenvalue weighted by atomic mass is 10.1. The van der Waals surface area contributed by atoms with Crippen LogP contribution in [0.15, 0.2) is 70.0 Å². The van der Waals surface area contributed by atoms with Gasteiger partial charge in [0, 0.05) is 18.7 Å². The molecule has 2 aromatic carbocycles. The van der Waals surface area contributed by atoms with E-state index in [4.69, 9.17) is 9.26 Å². The minimum Gasteiger partial charge on any atom is -0.497 e. The number of hydrogen-bond donors (Lipinski definition) is 1. The fraction of sp³-hybridized carbons (Fsp3) is 0.208. The van der Waals surface area contributed by atoms with Crippen molar-refractivity contribution in [3.8, 4) is 22.7 Å². The Morgan fingerprint density at radius 3 is 2.58 bits per heavy atom. The number of ether oxygens (including phenoxy) is 1. The molecule has 4 rings (SSSR count). The number of carbonyl (C=O) groups excluding carboxylic acids is 1. The van der Waals surface area contributed by atoms with E-state index in [1.54, 1.807) is 25.8 Å². The summed E-state index contributed by atoms with van der Waals surface area (Å²) in [6.45, 7) is 1.80. The molecule has 0 fully saturated rings. The van der Waals surface area contributed by atoms with Gasteiger partial charge >= 0.3 is 0 Å². The average Bonchev–Trinajstić information content (AvgIpc) is 3.39. The lowest BCUT2D eigenvalue weighted by molar-refractivity contribution is -0.113. The molecule has 4 aromatic rings. The van der Waals surface area contributed by atoms with Gasteiger partial charge in [-0.1, -0.05) is 23.4 Å². The van der Waals surface area contributed by atoms with Crippen molar-refractivity contribution in [1.29, 1.82) is 0 Å². The van der Waals surface area contributed by atoms with Gasteiger partial charge in [0.15, 0.2) is 0 Å². The van der Waals surface area contributed by atoms with Gasteiger partial charge in [-0.2, -0.15) is 0 Å². The van der Waals surface area contributed by atoms with Crippen LogP contribution in [0, 0.1) is 6.92 Å². The molecule has 0 saturated carbocycles. The van der Waals surface area contributed by atoms with Gasteiger partial charge in [0.25, 0.3) is 5.56 Å². The molecule has 0 saturated heterocycles. The van der Waals surface area contributed by atoms with E-state index < -0.39 is 0 Å². The summed E-state index contributed by atoms with van der Waals surface area (Å²) >= 11 is 1.39. The summed E-state index contributed by atoms with van der Waals surface area (Å²) in [6, 6.07) is 18.7. The van der Waals surface area contributed by atoms with E-state index in [1.807, 2.05) is 60.7 Å². The maximum absolute atomic E-state index is 12.9. The molecule has 0 bridgehead atoms. The number of nitrogens with zero attached hydrogens (tertiary/aromatic N) is 3. The van der Waals surface area contributed by atoms with E-state index in [2.05, 4.69) is 10.5 Å². The highest BCUT2D eigenvalue weighted by Crippen LogP contribution is 2.24. The van der Waals surface area contributed by atoms with Gasteiger partial charge in [-0.15, -0.1) is 11.8 Å². The molecule has 9 heteroatoms. The number of nitrogens with one attached hydrogen (secondary N) is 1. The number of hydrogen-bond acceptors (Lipinski definition) is 6. The smallest absolute Gasteiger partial charge is 0.295 e. The Labute approximate surface area is 195 Å². The number of anilines is 1. The molecule has 2 aromatic heterocycles. The highest BCUT2D eigenvalue weighted by molar-refractivity contribution is 7.99. The number of para-hydroxylation sites is 1. The first-order valence-corrected chi connectivity index (χ1v) is 11.4. The van der Waals surface area contributed by atoms with E-state index >= 15 is 0 Å². The van der Waals surface area contributed by atoms with Gasteiger partial charge in [-0.3, -0.25) is 14.3 Å². The van der Waals surface area contributed by atoms with E-state index in [0.29, 0.717) is 17.2 Å². The Balaban J connectivity index is 1.36. The Morgan fingerprint density at radius 1 is 1.15 bits per heavy atom. The Bertz CT molecular complexity index is 1310. The molecule has 33 heavy (non-hydrogen) atoms. The van der Waals surface area contributed by atoms with Gasteiger partial charge in [-0.25, -0.2) is 4.68 Å². The molecule has 0 unspecified atom stereocenters. The van der Waals surface area contributed by atoms with Crippen molar-refractivity contribution in [2.24, 2.45) is 7.05 Å². The Kier molecular flexibility index (Phi) is 6.69. The molecule has 0 aliphatic heterocycles. The highest BCUT2D eigenvalue weighted by Gasteiger charge is 2.18. The number of aromatic nitrogens is 3. The summed E-state index contributed by atoms with van der Waals surface area (Å²) < 4.78 is 13.8. The summed E-state index contributed by atoms with van der Waals surface area (Å²) in [7, 11) is 3.41. The third-order valence-corrected chi connectivity index (χ3v) is 6.20. The molecule has 0 radical (unpaired) electrons. The topological polar surface area (TPSA) is 91.3 Å². The SMILES string of the molecule is COc1ccc(-c2cc(CSCC(=O)Nc3c(C)n(C)n(-c4ccccc4)c3=O)on2)cc1. The summed E-state index contributed by atoms with van der Waals surface area (Å²) in [5.74, 6) is 1.85. The predicted octanol–water partition coefficient (Wildman–Crippen LogP) is 4.02. The van der Waals surface area contributed by atoms with Crippen LogP contribution in [0.3, 0.4) is 0 Å². The number of rotatable bonds is 8. The van der Waals surface area contributed by atoms with Crippen LogP contribution in [0.1, 0.15) is 11.5 Å². The van der Waals surface area contributed by atoms with Crippen LogP contribution in [0.5, 0.6) is 5.75 Å². The largest absolute Gasteiger partial charge is 0.497 e. The molecule has 0 atom stereocenters. The van der Waals surface area contributed by atoms with Gasteiger partial charge in [0.2, 0.25) is 5.91 Å². The molecule has 0 aliphatic carbocycles. The zero-order valence-electron chi connectivity index (χ0n) is 18.6. The Morgan fingerprint density at radius 2 is 1.88 bits per heavy atom. The normalized spacial score (nSPS) is 10.9. The maximum atomic E-state index is 12.9. The molecular weight excluding hydrogens is 440 g/mol. The summed E-state index contributed by atoms with van der Waals surface area (Å²) in [6.07, 6.45) is 0.